The molecule has 3 fully saturated rings. The summed E-state index contributed by atoms with van der Waals surface area (Å²) in [6.07, 6.45) is 9.22. The highest BCUT2D eigenvalue weighted by Crippen LogP contribution is 2.69. The number of carbonyl (C=O) groups is 1. The summed E-state index contributed by atoms with van der Waals surface area (Å²) in [5.41, 5.74) is 10.4. The van der Waals surface area contributed by atoms with E-state index in [9.17, 15) is 40.5 Å². The molecule has 0 aromatic heterocycles. The Morgan fingerprint density at radius 1 is 0.794 bits per heavy atom. The highest BCUT2D eigenvalue weighted by atomic mass is 16.5. The molecular weight excluding hydrogens is 859 g/mol. The van der Waals surface area contributed by atoms with E-state index in [4.69, 9.17) is 15.2 Å². The van der Waals surface area contributed by atoms with Crippen molar-refractivity contribution in [1.29, 1.82) is 0 Å². The Kier molecular flexibility index (Phi) is 13.9. The molecule has 10 unspecified atom stereocenters. The highest BCUT2D eigenvalue weighted by molar-refractivity contribution is 5.82. The second-order valence-electron chi connectivity index (χ2n) is 20.4. The van der Waals surface area contributed by atoms with Gasteiger partial charge in [-0.05, 0) is 162 Å². The van der Waals surface area contributed by atoms with Crippen molar-refractivity contribution in [2.24, 2.45) is 41.2 Å². The average Bonchev–Trinajstić information content (AvgIpc) is 3.61. The maximum absolute atomic E-state index is 14.9. The molecule has 3 saturated carbocycles. The van der Waals surface area contributed by atoms with Crippen LogP contribution in [0.3, 0.4) is 0 Å². The fourth-order valence-electron chi connectivity index (χ4n) is 13.6. The van der Waals surface area contributed by atoms with Crippen LogP contribution < -0.4 is 15.2 Å². The van der Waals surface area contributed by atoms with Gasteiger partial charge in [0.2, 0.25) is 5.75 Å². The number of phenolic OH excluding ortho intramolecular Hbond substituents is 6. The lowest BCUT2D eigenvalue weighted by molar-refractivity contribution is -0.136. The van der Waals surface area contributed by atoms with Crippen molar-refractivity contribution >= 4 is 5.78 Å². The zero-order chi connectivity index (χ0) is 47.7. The van der Waals surface area contributed by atoms with Crippen LogP contribution in [-0.4, -0.2) is 54.4 Å². The van der Waals surface area contributed by atoms with Gasteiger partial charge in [0.15, 0.2) is 23.0 Å². The topological polar surface area (TPSA) is 203 Å². The minimum Gasteiger partial charge on any atom is -0.508 e. The number of benzene rings is 5. The first-order valence-electron chi connectivity index (χ1n) is 24.8. The quantitative estimate of drug-likeness (QED) is 0.0250. The fraction of sp³-hybridized carbons (Fsp3) is 0.456. The third-order valence-electron chi connectivity index (χ3n) is 16.6. The molecule has 5 aromatic carbocycles. The molecule has 5 aromatic rings. The Labute approximate surface area is 399 Å². The van der Waals surface area contributed by atoms with Gasteiger partial charge in [-0.25, -0.2) is 0 Å². The molecule has 0 heterocycles. The second-order valence-corrected chi connectivity index (χ2v) is 20.4. The van der Waals surface area contributed by atoms with E-state index >= 15 is 0 Å². The number of aromatic hydroxyl groups is 6. The van der Waals surface area contributed by atoms with Crippen LogP contribution in [0.2, 0.25) is 0 Å². The largest absolute Gasteiger partial charge is 0.508 e. The van der Waals surface area contributed by atoms with Crippen LogP contribution in [0.25, 0.3) is 0 Å². The van der Waals surface area contributed by atoms with E-state index in [-0.39, 0.29) is 107 Å². The van der Waals surface area contributed by atoms with E-state index < -0.39 is 17.9 Å². The molecule has 5 aliphatic carbocycles. The number of hydrogen-bond acceptors (Lipinski definition) is 11. The Morgan fingerprint density at radius 3 is 2.37 bits per heavy atom. The Hall–Kier alpha value is -5.91. The molecule has 0 aliphatic heterocycles. The minimum atomic E-state index is -1.06. The summed E-state index contributed by atoms with van der Waals surface area (Å²) in [4.78, 5) is 14.9. The van der Waals surface area contributed by atoms with Gasteiger partial charge in [-0.1, -0.05) is 87.2 Å². The van der Waals surface area contributed by atoms with Crippen LogP contribution in [0.1, 0.15) is 123 Å². The Morgan fingerprint density at radius 2 is 1.60 bits per heavy atom. The summed E-state index contributed by atoms with van der Waals surface area (Å²) in [6.45, 7) is 2.14. The molecule has 0 radical (unpaired) electrons. The number of nitrogens with two attached hydrogens (primary N) is 1. The van der Waals surface area contributed by atoms with E-state index in [2.05, 4.69) is 37.3 Å². The van der Waals surface area contributed by atoms with Crippen LogP contribution in [0.4, 0.5) is 0 Å². The first kappa shape index (κ1) is 47.2. The van der Waals surface area contributed by atoms with E-state index in [1.54, 1.807) is 48.5 Å². The number of aliphatic hydroxyl groups excluding tert-OH is 1. The summed E-state index contributed by atoms with van der Waals surface area (Å²) in [5, 5.41) is 79.1. The minimum absolute atomic E-state index is 0.0133. The number of phenols is 6. The van der Waals surface area contributed by atoms with Crippen LogP contribution in [-0.2, 0) is 29.7 Å². The third kappa shape index (κ3) is 9.19. The Balaban J connectivity index is 1.18. The fourth-order valence-corrected chi connectivity index (χ4v) is 13.6. The first-order valence-corrected chi connectivity index (χ1v) is 24.8. The van der Waals surface area contributed by atoms with Crippen molar-refractivity contribution in [1.82, 2.24) is 0 Å². The van der Waals surface area contributed by atoms with Crippen molar-refractivity contribution in [3.8, 4) is 46.0 Å². The number of Topliss-reactive ketones (excluding diaryl/α,β-unsaturated/α-hetero) is 1. The number of unbranched alkanes of at least 4 members (excludes halogenated alkanes) is 2. The van der Waals surface area contributed by atoms with Gasteiger partial charge in [-0.3, -0.25) is 10.5 Å². The summed E-state index contributed by atoms with van der Waals surface area (Å²) in [5.74, 6) is -1.94. The molecule has 360 valence electrons. The summed E-state index contributed by atoms with van der Waals surface area (Å²) < 4.78 is 12.0. The van der Waals surface area contributed by atoms with E-state index in [1.165, 1.54) is 30.5 Å². The molecule has 9 N–H and O–H groups in total. The molecule has 2 bridgehead atoms. The standard InChI is InChI=1S/C57H67NO10/c1-2-3-5-9-34-20-21-57(30-34,39-11-6-4-7-12-39)45-27-38-26-42-37(24-36-16-17-41(60)28-48(36)63)25-43(46(61)18-14-33-15-19-47(62)50(23-33)68-32-58)54(65)53(42)52(45)44-29-49(64)55(66)56(51(38)44)67-31-35-10-8-13-40(59)22-35/h4,6-8,10-13,15-17,19,22-23,28-29,34,37-38,42-43,45,52-54,59-60,62-66H,2-3,5,9,14,18,20-21,24-27,30-32,58H2,1H3. The molecule has 0 spiro atoms. The van der Waals surface area contributed by atoms with Crippen molar-refractivity contribution < 1.29 is 50.0 Å². The number of rotatable bonds is 17. The number of fused-ring (bicyclic) bond motifs is 1. The van der Waals surface area contributed by atoms with Crippen molar-refractivity contribution in [3.63, 3.8) is 0 Å². The van der Waals surface area contributed by atoms with Crippen LogP contribution in [0.15, 0.2) is 97.1 Å². The zero-order valence-electron chi connectivity index (χ0n) is 39.0. The normalized spacial score (nSPS) is 27.2. The van der Waals surface area contributed by atoms with Crippen molar-refractivity contribution in [3.05, 3.63) is 130 Å². The maximum Gasteiger partial charge on any atom is 0.200 e. The maximum atomic E-state index is 14.9. The lowest BCUT2D eigenvalue weighted by atomic mass is 9.52. The smallest absolute Gasteiger partial charge is 0.200 e. The molecule has 0 saturated heterocycles. The van der Waals surface area contributed by atoms with E-state index in [0.717, 1.165) is 55.2 Å². The molecule has 11 nitrogen and oxygen atoms in total. The van der Waals surface area contributed by atoms with E-state index in [0.29, 0.717) is 42.7 Å². The van der Waals surface area contributed by atoms with Gasteiger partial charge in [0, 0.05) is 24.0 Å². The second kappa shape index (κ2) is 20.0. The average molecular weight is 926 g/mol. The third-order valence-corrected chi connectivity index (χ3v) is 16.6. The molecule has 5 aliphatic rings. The number of hydrogen-bond donors (Lipinski definition) is 8. The van der Waals surface area contributed by atoms with Crippen LogP contribution in [0, 0.1) is 35.5 Å². The lowest BCUT2D eigenvalue weighted by Gasteiger charge is -2.52. The monoisotopic (exact) mass is 925 g/mol. The Bertz CT molecular complexity index is 2580. The first-order chi connectivity index (χ1) is 32.9. The van der Waals surface area contributed by atoms with Gasteiger partial charge in [0.25, 0.3) is 0 Å². The molecule has 0 amide bonds. The van der Waals surface area contributed by atoms with Crippen LogP contribution in [0.5, 0.6) is 46.0 Å². The predicted molar refractivity (Wildman–Crippen MR) is 259 cm³/mol. The van der Waals surface area contributed by atoms with Gasteiger partial charge < -0.3 is 45.2 Å². The van der Waals surface area contributed by atoms with Gasteiger partial charge >= 0.3 is 0 Å². The zero-order valence-corrected chi connectivity index (χ0v) is 39.0. The van der Waals surface area contributed by atoms with E-state index in [1.807, 2.05) is 6.07 Å². The molecule has 11 heteroatoms. The van der Waals surface area contributed by atoms with Gasteiger partial charge in [-0.15, -0.1) is 0 Å². The highest BCUT2D eigenvalue weighted by Gasteiger charge is 2.61. The molecular formula is C57H67NO10. The van der Waals surface area contributed by atoms with Gasteiger partial charge in [0.05, 0.1) is 6.10 Å². The number of ether oxygens (including phenoxy) is 2. The SMILES string of the molecule is CCCCCC1CCC(c2ccccc2)(C2CC3CC4C(Cc5ccc(O)cc5O)CC(C(=O)CCc5ccc(O)c(OCN)c5)C(O)C4C2c2cc(O)c(O)c(OCc4cccc(O)c4)c23)C1. The predicted octanol–water partition coefficient (Wildman–Crippen LogP) is 10.4. The summed E-state index contributed by atoms with van der Waals surface area (Å²) in [6, 6.07) is 28.9. The number of carbonyl (C=O) groups excluding carboxylic acids is 1. The number of ketones is 1. The molecule has 68 heavy (non-hydrogen) atoms. The van der Waals surface area contributed by atoms with Gasteiger partial charge in [0.1, 0.15) is 36.4 Å². The van der Waals surface area contributed by atoms with Crippen LogP contribution >= 0.6 is 0 Å². The summed E-state index contributed by atoms with van der Waals surface area (Å²) in [7, 11) is 0. The summed E-state index contributed by atoms with van der Waals surface area (Å²) >= 11 is 0. The number of aliphatic hydroxyl groups is 1. The van der Waals surface area contributed by atoms with Gasteiger partial charge in [-0.2, -0.15) is 0 Å². The van der Waals surface area contributed by atoms with Crippen molar-refractivity contribution in [2.45, 2.75) is 120 Å². The lowest BCUT2D eigenvalue weighted by Crippen LogP contribution is -2.51. The molecule has 10 rings (SSSR count). The number of aryl methyl sites for hydroxylation is 1. The molecule has 10 atom stereocenters. The van der Waals surface area contributed by atoms with Crippen molar-refractivity contribution in [2.75, 3.05) is 6.73 Å².